The monoisotopic (exact) mass is 355 g/mol. The minimum atomic E-state index is -0.999. The number of nitrogens with zero attached hydrogens (tertiary/aromatic N) is 1. The molecule has 2 aromatic rings. The summed E-state index contributed by atoms with van der Waals surface area (Å²) in [6, 6.07) is 9.64. The summed E-state index contributed by atoms with van der Waals surface area (Å²) in [5.41, 5.74) is 15.0. The topological polar surface area (TPSA) is 110 Å². The Bertz CT molecular complexity index is 796. The number of carboxylic acid groups (broad SMARTS) is 1. The first-order chi connectivity index (χ1) is 12.1. The van der Waals surface area contributed by atoms with Gasteiger partial charge in [-0.2, -0.15) is 0 Å². The Kier molecular flexibility index (Phi) is 5.55. The van der Waals surface area contributed by atoms with Crippen LogP contribution in [0.5, 0.6) is 0 Å². The minimum Gasteiger partial charge on any atom is -0.478 e. The molecule has 0 aliphatic heterocycles. The maximum absolute atomic E-state index is 12.8. The Labute approximate surface area is 153 Å². The van der Waals surface area contributed by atoms with Crippen LogP contribution in [0, 0.1) is 0 Å². The summed E-state index contributed by atoms with van der Waals surface area (Å²) >= 11 is 0. The molecule has 2 aromatic carbocycles. The number of anilines is 2. The molecule has 0 unspecified atom stereocenters. The standard InChI is InChI=1S/C20H25N3O3/c1-11(2)23(12(3)4)19(24)15-9-16(21)18(17(22)10-15)13-5-7-14(8-6-13)20(25)26/h5-12H,21-22H2,1-4H3,(H,25,26). The Hall–Kier alpha value is -3.02. The van der Waals surface area contributed by atoms with Gasteiger partial charge in [-0.3, -0.25) is 4.79 Å². The molecule has 2 rings (SSSR count). The number of rotatable bonds is 5. The molecule has 0 aliphatic carbocycles. The average molecular weight is 355 g/mol. The molecule has 0 fully saturated rings. The molecule has 0 atom stereocenters. The van der Waals surface area contributed by atoms with Crippen molar-refractivity contribution in [1.29, 1.82) is 0 Å². The average Bonchev–Trinajstić information content (AvgIpc) is 2.53. The zero-order chi connectivity index (χ0) is 19.6. The SMILES string of the molecule is CC(C)N(C(=O)c1cc(N)c(-c2ccc(C(=O)O)cc2)c(N)c1)C(C)C. The Morgan fingerprint density at radius 1 is 0.885 bits per heavy atom. The second kappa shape index (κ2) is 7.47. The Morgan fingerprint density at radius 3 is 1.73 bits per heavy atom. The predicted molar refractivity (Wildman–Crippen MR) is 104 cm³/mol. The number of nitrogens with two attached hydrogens (primary N) is 2. The number of amides is 1. The fourth-order valence-electron chi connectivity index (χ4n) is 3.14. The first kappa shape index (κ1) is 19.3. The molecule has 1 amide bonds. The van der Waals surface area contributed by atoms with Crippen molar-refractivity contribution in [2.24, 2.45) is 0 Å². The van der Waals surface area contributed by atoms with Crippen LogP contribution in [-0.2, 0) is 0 Å². The van der Waals surface area contributed by atoms with E-state index in [0.29, 0.717) is 28.1 Å². The highest BCUT2D eigenvalue weighted by Crippen LogP contribution is 2.34. The molecule has 0 aromatic heterocycles. The van der Waals surface area contributed by atoms with Gasteiger partial charge in [0.1, 0.15) is 0 Å². The fraction of sp³-hybridized carbons (Fsp3) is 0.300. The number of carboxylic acids is 1. The molecular formula is C20H25N3O3. The smallest absolute Gasteiger partial charge is 0.335 e. The molecule has 26 heavy (non-hydrogen) atoms. The van der Waals surface area contributed by atoms with E-state index in [4.69, 9.17) is 16.6 Å². The van der Waals surface area contributed by atoms with Crippen molar-refractivity contribution in [2.45, 2.75) is 39.8 Å². The van der Waals surface area contributed by atoms with E-state index in [-0.39, 0.29) is 23.6 Å². The molecule has 0 saturated heterocycles. The van der Waals surface area contributed by atoms with Crippen LogP contribution in [-0.4, -0.2) is 34.0 Å². The van der Waals surface area contributed by atoms with Crippen molar-refractivity contribution in [1.82, 2.24) is 4.90 Å². The summed E-state index contributed by atoms with van der Waals surface area (Å²) < 4.78 is 0. The predicted octanol–water partition coefficient (Wildman–Crippen LogP) is 3.48. The van der Waals surface area contributed by atoms with Crippen LogP contribution in [0.1, 0.15) is 48.4 Å². The third-order valence-electron chi connectivity index (χ3n) is 4.21. The van der Waals surface area contributed by atoms with Crippen molar-refractivity contribution >= 4 is 23.3 Å². The fourth-order valence-corrected chi connectivity index (χ4v) is 3.14. The third kappa shape index (κ3) is 3.79. The lowest BCUT2D eigenvalue weighted by Crippen LogP contribution is -2.42. The summed E-state index contributed by atoms with van der Waals surface area (Å²) in [5.74, 6) is -1.12. The highest BCUT2D eigenvalue weighted by molar-refractivity contribution is 6.00. The summed E-state index contributed by atoms with van der Waals surface area (Å²) in [7, 11) is 0. The molecule has 6 nitrogen and oxygen atoms in total. The van der Waals surface area contributed by atoms with E-state index in [1.165, 1.54) is 12.1 Å². The van der Waals surface area contributed by atoms with Gasteiger partial charge in [0.15, 0.2) is 0 Å². The van der Waals surface area contributed by atoms with E-state index >= 15 is 0 Å². The minimum absolute atomic E-state index is 0.0492. The summed E-state index contributed by atoms with van der Waals surface area (Å²) in [5, 5.41) is 9.00. The van der Waals surface area contributed by atoms with Crippen molar-refractivity contribution in [3.05, 3.63) is 47.5 Å². The quantitative estimate of drug-likeness (QED) is 0.711. The lowest BCUT2D eigenvalue weighted by molar-refractivity contribution is 0.0642. The van der Waals surface area contributed by atoms with Gasteiger partial charge in [-0.25, -0.2) is 4.79 Å². The van der Waals surface area contributed by atoms with Gasteiger partial charge in [0, 0.05) is 34.6 Å². The maximum Gasteiger partial charge on any atom is 0.335 e. The second-order valence-corrected chi connectivity index (χ2v) is 6.81. The van der Waals surface area contributed by atoms with Crippen LogP contribution >= 0.6 is 0 Å². The first-order valence-corrected chi connectivity index (χ1v) is 8.48. The number of hydrogen-bond acceptors (Lipinski definition) is 4. The zero-order valence-corrected chi connectivity index (χ0v) is 15.5. The molecule has 0 radical (unpaired) electrons. The zero-order valence-electron chi connectivity index (χ0n) is 15.5. The molecule has 0 spiro atoms. The Morgan fingerprint density at radius 2 is 1.35 bits per heavy atom. The molecule has 138 valence electrons. The van der Waals surface area contributed by atoms with Crippen LogP contribution in [0.3, 0.4) is 0 Å². The van der Waals surface area contributed by atoms with Crippen LogP contribution in [0.4, 0.5) is 11.4 Å². The van der Waals surface area contributed by atoms with Crippen LogP contribution in [0.25, 0.3) is 11.1 Å². The molecular weight excluding hydrogens is 330 g/mol. The number of carbonyl (C=O) groups is 2. The lowest BCUT2D eigenvalue weighted by atomic mass is 9.97. The summed E-state index contributed by atoms with van der Waals surface area (Å²) in [4.78, 5) is 25.6. The molecule has 0 saturated carbocycles. The highest BCUT2D eigenvalue weighted by atomic mass is 16.4. The lowest BCUT2D eigenvalue weighted by Gasteiger charge is -2.31. The van der Waals surface area contributed by atoms with Gasteiger partial charge in [-0.1, -0.05) is 12.1 Å². The highest BCUT2D eigenvalue weighted by Gasteiger charge is 2.23. The maximum atomic E-state index is 12.8. The normalized spacial score (nSPS) is 11.0. The van der Waals surface area contributed by atoms with Crippen molar-refractivity contribution in [3.63, 3.8) is 0 Å². The number of benzene rings is 2. The number of hydrogen-bond donors (Lipinski definition) is 3. The van der Waals surface area contributed by atoms with Gasteiger partial charge in [0.25, 0.3) is 5.91 Å². The van der Waals surface area contributed by atoms with E-state index in [2.05, 4.69) is 0 Å². The van der Waals surface area contributed by atoms with E-state index < -0.39 is 5.97 Å². The largest absolute Gasteiger partial charge is 0.478 e. The third-order valence-corrected chi connectivity index (χ3v) is 4.21. The molecule has 6 heteroatoms. The molecule has 5 N–H and O–H groups in total. The molecule has 0 bridgehead atoms. The summed E-state index contributed by atoms with van der Waals surface area (Å²) in [6.07, 6.45) is 0. The number of nitrogen functional groups attached to an aromatic ring is 2. The van der Waals surface area contributed by atoms with E-state index in [9.17, 15) is 9.59 Å². The van der Waals surface area contributed by atoms with E-state index in [0.717, 1.165) is 0 Å². The molecule has 0 heterocycles. The van der Waals surface area contributed by atoms with E-state index in [1.54, 1.807) is 29.2 Å². The van der Waals surface area contributed by atoms with Crippen molar-refractivity contribution in [2.75, 3.05) is 11.5 Å². The van der Waals surface area contributed by atoms with Gasteiger partial charge in [-0.15, -0.1) is 0 Å². The van der Waals surface area contributed by atoms with Gasteiger partial charge in [-0.05, 0) is 57.5 Å². The van der Waals surface area contributed by atoms with Gasteiger partial charge in [0.2, 0.25) is 0 Å². The van der Waals surface area contributed by atoms with Crippen LogP contribution in [0.2, 0.25) is 0 Å². The number of carbonyl (C=O) groups excluding carboxylic acids is 1. The number of aromatic carboxylic acids is 1. The van der Waals surface area contributed by atoms with Gasteiger partial charge < -0.3 is 21.5 Å². The molecule has 0 aliphatic rings. The second-order valence-electron chi connectivity index (χ2n) is 6.81. The van der Waals surface area contributed by atoms with Crippen LogP contribution in [0.15, 0.2) is 36.4 Å². The first-order valence-electron chi connectivity index (χ1n) is 8.48. The van der Waals surface area contributed by atoms with Crippen molar-refractivity contribution < 1.29 is 14.7 Å². The van der Waals surface area contributed by atoms with Crippen LogP contribution < -0.4 is 11.5 Å². The Balaban J connectivity index is 2.45. The van der Waals surface area contributed by atoms with Gasteiger partial charge >= 0.3 is 5.97 Å². The van der Waals surface area contributed by atoms with E-state index in [1.807, 2.05) is 27.7 Å². The summed E-state index contributed by atoms with van der Waals surface area (Å²) in [6.45, 7) is 7.85. The van der Waals surface area contributed by atoms with Crippen molar-refractivity contribution in [3.8, 4) is 11.1 Å². The van der Waals surface area contributed by atoms with Gasteiger partial charge in [0.05, 0.1) is 5.56 Å².